The van der Waals surface area contributed by atoms with E-state index in [2.05, 4.69) is 21.8 Å². The first kappa shape index (κ1) is 10.4. The molecule has 1 aromatic heterocycles. The van der Waals surface area contributed by atoms with Gasteiger partial charge in [-0.25, -0.2) is 9.97 Å². The predicted octanol–water partition coefficient (Wildman–Crippen LogP) is 1.00. The lowest BCUT2D eigenvalue weighted by Gasteiger charge is -2.19. The van der Waals surface area contributed by atoms with Crippen molar-refractivity contribution in [2.75, 3.05) is 18.0 Å². The summed E-state index contributed by atoms with van der Waals surface area (Å²) in [6.45, 7) is 5.47. The predicted molar refractivity (Wildman–Crippen MR) is 58.9 cm³/mol. The first-order chi connectivity index (χ1) is 7.11. The summed E-state index contributed by atoms with van der Waals surface area (Å²) in [5, 5.41) is 9.87. The van der Waals surface area contributed by atoms with E-state index in [1.54, 1.807) is 6.33 Å². The van der Waals surface area contributed by atoms with Crippen molar-refractivity contribution in [3.05, 3.63) is 18.1 Å². The van der Waals surface area contributed by atoms with Crippen LogP contribution < -0.4 is 4.90 Å². The summed E-state index contributed by atoms with van der Waals surface area (Å²) in [5.41, 5.74) is 0.476. The highest BCUT2D eigenvalue weighted by atomic mass is 16.3. The number of aromatic nitrogens is 2. The molecule has 1 saturated heterocycles. The van der Waals surface area contributed by atoms with Crippen LogP contribution in [-0.4, -0.2) is 33.8 Å². The smallest absolute Gasteiger partial charge is 0.132 e. The lowest BCUT2D eigenvalue weighted by molar-refractivity contribution is 0.0839. The van der Waals surface area contributed by atoms with Gasteiger partial charge in [-0.3, -0.25) is 0 Å². The lowest BCUT2D eigenvalue weighted by atomic mass is 10.1. The highest BCUT2D eigenvalue weighted by molar-refractivity contribution is 5.41. The summed E-state index contributed by atoms with van der Waals surface area (Å²) in [6.07, 6.45) is 3.32. The van der Waals surface area contributed by atoms with Crippen LogP contribution in [0.25, 0.3) is 0 Å². The van der Waals surface area contributed by atoms with E-state index in [1.807, 2.05) is 13.0 Å². The van der Waals surface area contributed by atoms with E-state index in [0.717, 1.165) is 30.9 Å². The Morgan fingerprint density at radius 3 is 2.93 bits per heavy atom. The number of hydrogen-bond acceptors (Lipinski definition) is 4. The van der Waals surface area contributed by atoms with Crippen LogP contribution in [0.4, 0.5) is 5.82 Å². The monoisotopic (exact) mass is 207 g/mol. The average Bonchev–Trinajstić information content (AvgIpc) is 2.59. The van der Waals surface area contributed by atoms with Gasteiger partial charge in [0.2, 0.25) is 0 Å². The van der Waals surface area contributed by atoms with Gasteiger partial charge in [-0.2, -0.15) is 0 Å². The third kappa shape index (κ3) is 2.26. The molecule has 1 fully saturated rings. The van der Waals surface area contributed by atoms with Gasteiger partial charge in [-0.1, -0.05) is 6.92 Å². The summed E-state index contributed by atoms with van der Waals surface area (Å²) in [6, 6.07) is 2.00. The summed E-state index contributed by atoms with van der Waals surface area (Å²) >= 11 is 0. The Bertz CT molecular complexity index is 351. The maximum atomic E-state index is 9.87. The van der Waals surface area contributed by atoms with Gasteiger partial charge in [0.05, 0.1) is 5.60 Å². The third-order valence-corrected chi connectivity index (χ3v) is 2.85. The molecule has 1 atom stereocenters. The van der Waals surface area contributed by atoms with Gasteiger partial charge in [0, 0.05) is 24.8 Å². The minimum Gasteiger partial charge on any atom is -0.388 e. The van der Waals surface area contributed by atoms with Crippen LogP contribution in [-0.2, 0) is 6.42 Å². The van der Waals surface area contributed by atoms with Crippen LogP contribution in [0.3, 0.4) is 0 Å². The van der Waals surface area contributed by atoms with Gasteiger partial charge in [0.15, 0.2) is 0 Å². The van der Waals surface area contributed by atoms with Crippen LogP contribution in [0.2, 0.25) is 0 Å². The molecule has 82 valence electrons. The molecule has 0 spiro atoms. The van der Waals surface area contributed by atoms with Crippen LogP contribution >= 0.6 is 0 Å². The van der Waals surface area contributed by atoms with Gasteiger partial charge in [0.1, 0.15) is 12.1 Å². The zero-order chi connectivity index (χ0) is 10.9. The van der Waals surface area contributed by atoms with E-state index >= 15 is 0 Å². The van der Waals surface area contributed by atoms with Crippen molar-refractivity contribution >= 4 is 5.82 Å². The molecule has 1 aliphatic rings. The van der Waals surface area contributed by atoms with E-state index < -0.39 is 5.60 Å². The Hall–Kier alpha value is -1.16. The van der Waals surface area contributed by atoms with E-state index in [4.69, 9.17) is 0 Å². The minimum absolute atomic E-state index is 0.572. The number of nitrogens with zero attached hydrogens (tertiary/aromatic N) is 3. The number of aryl methyl sites for hydroxylation is 1. The van der Waals surface area contributed by atoms with Crippen molar-refractivity contribution in [3.63, 3.8) is 0 Å². The van der Waals surface area contributed by atoms with E-state index in [0.29, 0.717) is 6.54 Å². The summed E-state index contributed by atoms with van der Waals surface area (Å²) < 4.78 is 0. The largest absolute Gasteiger partial charge is 0.388 e. The standard InChI is InChI=1S/C11H17N3O/c1-3-9-6-10(13-8-12-9)14-5-4-11(2,15)7-14/h6,8,15H,3-5,7H2,1-2H3. The van der Waals surface area contributed by atoms with Gasteiger partial charge in [-0.05, 0) is 19.8 Å². The molecule has 1 unspecified atom stereocenters. The molecule has 1 aromatic rings. The Morgan fingerprint density at radius 2 is 2.33 bits per heavy atom. The van der Waals surface area contributed by atoms with Crippen molar-refractivity contribution in [2.45, 2.75) is 32.3 Å². The van der Waals surface area contributed by atoms with Gasteiger partial charge in [0.25, 0.3) is 0 Å². The van der Waals surface area contributed by atoms with Crippen LogP contribution in [0, 0.1) is 0 Å². The van der Waals surface area contributed by atoms with Crippen molar-refractivity contribution < 1.29 is 5.11 Å². The molecular weight excluding hydrogens is 190 g/mol. The topological polar surface area (TPSA) is 49.2 Å². The van der Waals surface area contributed by atoms with Gasteiger partial charge in [-0.15, -0.1) is 0 Å². The Balaban J connectivity index is 2.16. The Labute approximate surface area is 90.0 Å². The minimum atomic E-state index is -0.572. The Morgan fingerprint density at radius 1 is 1.53 bits per heavy atom. The molecule has 0 saturated carbocycles. The van der Waals surface area contributed by atoms with Crippen LogP contribution in [0.15, 0.2) is 12.4 Å². The summed E-state index contributed by atoms with van der Waals surface area (Å²) in [5.74, 6) is 0.930. The number of aliphatic hydroxyl groups is 1. The number of hydrogen-bond donors (Lipinski definition) is 1. The highest BCUT2D eigenvalue weighted by Gasteiger charge is 2.31. The number of rotatable bonds is 2. The van der Waals surface area contributed by atoms with E-state index in [9.17, 15) is 5.11 Å². The molecule has 2 rings (SSSR count). The third-order valence-electron chi connectivity index (χ3n) is 2.85. The van der Waals surface area contributed by atoms with Crippen molar-refractivity contribution in [3.8, 4) is 0 Å². The quantitative estimate of drug-likeness (QED) is 0.786. The van der Waals surface area contributed by atoms with Crippen LogP contribution in [0.1, 0.15) is 26.0 Å². The average molecular weight is 207 g/mol. The molecule has 0 amide bonds. The molecule has 0 aromatic carbocycles. The molecule has 4 nitrogen and oxygen atoms in total. The molecule has 1 N–H and O–H groups in total. The second kappa shape index (κ2) is 3.77. The molecule has 1 aliphatic heterocycles. The lowest BCUT2D eigenvalue weighted by Crippen LogP contribution is -2.30. The zero-order valence-electron chi connectivity index (χ0n) is 9.27. The summed E-state index contributed by atoms with van der Waals surface area (Å²) in [4.78, 5) is 10.5. The second-order valence-corrected chi connectivity index (χ2v) is 4.39. The number of anilines is 1. The molecule has 15 heavy (non-hydrogen) atoms. The SMILES string of the molecule is CCc1cc(N2CCC(C)(O)C2)ncn1. The second-order valence-electron chi connectivity index (χ2n) is 4.39. The fraction of sp³-hybridized carbons (Fsp3) is 0.636. The normalized spacial score (nSPS) is 25.9. The molecule has 2 heterocycles. The van der Waals surface area contributed by atoms with Crippen LogP contribution in [0.5, 0.6) is 0 Å². The van der Waals surface area contributed by atoms with Gasteiger partial charge < -0.3 is 10.0 Å². The molecule has 0 radical (unpaired) electrons. The summed E-state index contributed by atoms with van der Waals surface area (Å²) in [7, 11) is 0. The maximum absolute atomic E-state index is 9.87. The van der Waals surface area contributed by atoms with Crippen molar-refractivity contribution in [1.29, 1.82) is 0 Å². The fourth-order valence-electron chi connectivity index (χ4n) is 1.89. The fourth-order valence-corrected chi connectivity index (χ4v) is 1.89. The molecule has 0 aliphatic carbocycles. The highest BCUT2D eigenvalue weighted by Crippen LogP contribution is 2.24. The van der Waals surface area contributed by atoms with Crippen molar-refractivity contribution in [1.82, 2.24) is 9.97 Å². The van der Waals surface area contributed by atoms with Gasteiger partial charge >= 0.3 is 0 Å². The first-order valence-electron chi connectivity index (χ1n) is 5.39. The molecule has 0 bridgehead atoms. The van der Waals surface area contributed by atoms with E-state index in [-0.39, 0.29) is 0 Å². The first-order valence-corrected chi connectivity index (χ1v) is 5.39. The molecule has 4 heteroatoms. The number of β-amino-alcohol motifs (C(OH)–C–C–N with tert-alkyl or cyclic N) is 1. The Kier molecular flexibility index (Phi) is 2.61. The zero-order valence-corrected chi connectivity index (χ0v) is 9.27. The molecular formula is C11H17N3O. The van der Waals surface area contributed by atoms with E-state index in [1.165, 1.54) is 0 Å². The van der Waals surface area contributed by atoms with Crippen molar-refractivity contribution in [2.24, 2.45) is 0 Å². The maximum Gasteiger partial charge on any atom is 0.132 e.